The first-order valence-electron chi connectivity index (χ1n) is 9.66. The minimum absolute atomic E-state index is 0.0998. The van der Waals surface area contributed by atoms with Gasteiger partial charge in [-0.3, -0.25) is 4.90 Å². The van der Waals surface area contributed by atoms with Crippen LogP contribution in [0.4, 0.5) is 0 Å². The summed E-state index contributed by atoms with van der Waals surface area (Å²) in [6.45, 7) is 5.85. The Labute approximate surface area is 163 Å². The van der Waals surface area contributed by atoms with Crippen LogP contribution in [0.3, 0.4) is 0 Å². The highest BCUT2D eigenvalue weighted by atomic mass is 32.2. The minimum Gasteiger partial charge on any atom is -0.497 e. The van der Waals surface area contributed by atoms with E-state index in [1.807, 2.05) is 25.1 Å². The molecule has 2 fully saturated rings. The average Bonchev–Trinajstić information content (AvgIpc) is 2.68. The Bertz CT molecular complexity index is 732. The summed E-state index contributed by atoms with van der Waals surface area (Å²) in [6.07, 6.45) is 3.03. The zero-order chi connectivity index (χ0) is 19.4. The highest BCUT2D eigenvalue weighted by Gasteiger charge is 2.36. The lowest BCUT2D eigenvalue weighted by Crippen LogP contribution is -2.55. The first-order valence-corrected chi connectivity index (χ1v) is 11.1. The van der Waals surface area contributed by atoms with Crippen LogP contribution >= 0.6 is 0 Å². The molecule has 0 aromatic heterocycles. The standard InChI is InChI=1S/C19H31N3O4S/c1-16-6-4-5-9-22(16)27(23,24)21-12-10-20(11-13-21)15-17-14-18(25-2)7-8-19(17)26-3/h7-8,14,16H,4-6,9-13,15H2,1-3H3. The van der Waals surface area contributed by atoms with Crippen LogP contribution in [0.15, 0.2) is 18.2 Å². The van der Waals surface area contributed by atoms with Crippen molar-refractivity contribution in [1.29, 1.82) is 0 Å². The Kier molecular flexibility index (Phi) is 6.62. The lowest BCUT2D eigenvalue weighted by atomic mass is 10.1. The van der Waals surface area contributed by atoms with Gasteiger partial charge in [0, 0.05) is 50.9 Å². The molecule has 152 valence electrons. The predicted molar refractivity (Wildman–Crippen MR) is 105 cm³/mol. The molecule has 0 bridgehead atoms. The lowest BCUT2D eigenvalue weighted by molar-refractivity contribution is 0.165. The minimum atomic E-state index is -3.36. The third-order valence-electron chi connectivity index (χ3n) is 5.58. The molecule has 0 saturated carbocycles. The Hall–Kier alpha value is -1.35. The smallest absolute Gasteiger partial charge is 0.282 e. The van der Waals surface area contributed by atoms with Crippen molar-refractivity contribution in [2.75, 3.05) is 46.9 Å². The molecule has 7 nitrogen and oxygen atoms in total. The van der Waals surface area contributed by atoms with Crippen molar-refractivity contribution in [3.05, 3.63) is 23.8 Å². The quantitative estimate of drug-likeness (QED) is 0.734. The molecule has 2 aliphatic rings. The molecular weight excluding hydrogens is 366 g/mol. The number of benzene rings is 1. The lowest BCUT2D eigenvalue weighted by Gasteiger charge is -2.40. The van der Waals surface area contributed by atoms with Gasteiger partial charge >= 0.3 is 0 Å². The molecule has 1 unspecified atom stereocenters. The maximum absolute atomic E-state index is 13.0. The summed E-state index contributed by atoms with van der Waals surface area (Å²) < 4.78 is 40.1. The maximum Gasteiger partial charge on any atom is 0.282 e. The normalized spacial score (nSPS) is 23.3. The molecule has 0 aliphatic carbocycles. The van der Waals surface area contributed by atoms with Crippen molar-refractivity contribution in [3.63, 3.8) is 0 Å². The number of rotatable bonds is 6. The van der Waals surface area contributed by atoms with Gasteiger partial charge < -0.3 is 9.47 Å². The molecule has 3 rings (SSSR count). The fraction of sp³-hybridized carbons (Fsp3) is 0.684. The number of piperazine rings is 1. The van der Waals surface area contributed by atoms with E-state index in [0.29, 0.717) is 39.3 Å². The fourth-order valence-electron chi connectivity index (χ4n) is 3.93. The van der Waals surface area contributed by atoms with Gasteiger partial charge in [0.05, 0.1) is 14.2 Å². The number of nitrogens with zero attached hydrogens (tertiary/aromatic N) is 3. The van der Waals surface area contributed by atoms with Crippen LogP contribution in [0, 0.1) is 0 Å². The third kappa shape index (κ3) is 4.56. The van der Waals surface area contributed by atoms with Crippen LogP contribution in [0.1, 0.15) is 31.7 Å². The average molecular weight is 398 g/mol. The molecule has 1 aromatic rings. The van der Waals surface area contributed by atoms with Crippen molar-refractivity contribution >= 4 is 10.2 Å². The van der Waals surface area contributed by atoms with E-state index in [4.69, 9.17) is 9.47 Å². The molecule has 8 heteroatoms. The molecule has 0 amide bonds. The Morgan fingerprint density at radius 1 is 1.04 bits per heavy atom. The van der Waals surface area contributed by atoms with Crippen molar-refractivity contribution in [1.82, 2.24) is 13.5 Å². The molecular formula is C19H31N3O4S. The number of hydrogen-bond acceptors (Lipinski definition) is 5. The first-order chi connectivity index (χ1) is 13.0. The SMILES string of the molecule is COc1ccc(OC)c(CN2CCN(S(=O)(=O)N3CCCCC3C)CC2)c1. The van der Waals surface area contributed by atoms with E-state index in [1.54, 1.807) is 22.8 Å². The second-order valence-electron chi connectivity index (χ2n) is 7.32. The molecule has 2 aliphatic heterocycles. The summed E-state index contributed by atoms with van der Waals surface area (Å²) >= 11 is 0. The molecule has 1 atom stereocenters. The van der Waals surface area contributed by atoms with E-state index in [-0.39, 0.29) is 6.04 Å². The van der Waals surface area contributed by atoms with Crippen molar-refractivity contribution in [2.24, 2.45) is 0 Å². The molecule has 2 heterocycles. The number of ether oxygens (including phenoxy) is 2. The summed E-state index contributed by atoms with van der Waals surface area (Å²) in [5.41, 5.74) is 1.05. The van der Waals surface area contributed by atoms with Gasteiger partial charge in [-0.1, -0.05) is 6.42 Å². The largest absolute Gasteiger partial charge is 0.497 e. The van der Waals surface area contributed by atoms with Gasteiger partial charge in [-0.15, -0.1) is 0 Å². The predicted octanol–water partition coefficient (Wildman–Crippen LogP) is 1.94. The Balaban J connectivity index is 1.62. The maximum atomic E-state index is 13.0. The van der Waals surface area contributed by atoms with Crippen molar-refractivity contribution in [2.45, 2.75) is 38.8 Å². The number of hydrogen-bond donors (Lipinski definition) is 0. The zero-order valence-electron chi connectivity index (χ0n) is 16.6. The second-order valence-corrected chi connectivity index (χ2v) is 9.20. The summed E-state index contributed by atoms with van der Waals surface area (Å²) in [4.78, 5) is 2.27. The van der Waals surface area contributed by atoms with E-state index in [1.165, 1.54) is 0 Å². The Morgan fingerprint density at radius 2 is 1.78 bits per heavy atom. The molecule has 0 radical (unpaired) electrons. The highest BCUT2D eigenvalue weighted by molar-refractivity contribution is 7.86. The third-order valence-corrected chi connectivity index (χ3v) is 7.73. The fourth-order valence-corrected chi connectivity index (χ4v) is 5.77. The molecule has 1 aromatic carbocycles. The molecule has 27 heavy (non-hydrogen) atoms. The van der Waals surface area contributed by atoms with E-state index in [9.17, 15) is 8.42 Å². The van der Waals surface area contributed by atoms with Crippen LogP contribution < -0.4 is 9.47 Å². The van der Waals surface area contributed by atoms with Gasteiger partial charge in [-0.05, 0) is 38.0 Å². The van der Waals surface area contributed by atoms with Gasteiger partial charge in [0.25, 0.3) is 10.2 Å². The Morgan fingerprint density at radius 3 is 2.41 bits per heavy atom. The van der Waals surface area contributed by atoms with Crippen molar-refractivity contribution in [3.8, 4) is 11.5 Å². The second kappa shape index (κ2) is 8.77. The number of piperidine rings is 1. The van der Waals surface area contributed by atoms with E-state index in [0.717, 1.165) is 36.3 Å². The summed E-state index contributed by atoms with van der Waals surface area (Å²) in [7, 11) is -0.0468. The van der Waals surface area contributed by atoms with E-state index < -0.39 is 10.2 Å². The molecule has 0 spiro atoms. The zero-order valence-corrected chi connectivity index (χ0v) is 17.4. The summed E-state index contributed by atoms with van der Waals surface area (Å²) in [5, 5.41) is 0. The topological polar surface area (TPSA) is 62.3 Å². The number of methoxy groups -OCH3 is 2. The first kappa shape index (κ1) is 20.4. The van der Waals surface area contributed by atoms with Crippen molar-refractivity contribution < 1.29 is 17.9 Å². The highest BCUT2D eigenvalue weighted by Crippen LogP contribution is 2.27. The van der Waals surface area contributed by atoms with Gasteiger partial charge in [0.15, 0.2) is 0 Å². The van der Waals surface area contributed by atoms with Crippen LogP contribution in [0.2, 0.25) is 0 Å². The van der Waals surface area contributed by atoms with E-state index >= 15 is 0 Å². The van der Waals surface area contributed by atoms with Crippen LogP contribution in [-0.2, 0) is 16.8 Å². The van der Waals surface area contributed by atoms with Gasteiger partial charge in [-0.25, -0.2) is 0 Å². The van der Waals surface area contributed by atoms with E-state index in [2.05, 4.69) is 4.90 Å². The monoisotopic (exact) mass is 397 g/mol. The molecule has 0 N–H and O–H groups in total. The van der Waals surface area contributed by atoms with Crippen LogP contribution in [-0.4, -0.2) is 74.9 Å². The van der Waals surface area contributed by atoms with Gasteiger partial charge in [0.2, 0.25) is 0 Å². The van der Waals surface area contributed by atoms with Crippen LogP contribution in [0.25, 0.3) is 0 Å². The van der Waals surface area contributed by atoms with Gasteiger partial charge in [0.1, 0.15) is 11.5 Å². The van der Waals surface area contributed by atoms with Crippen LogP contribution in [0.5, 0.6) is 11.5 Å². The summed E-state index contributed by atoms with van der Waals surface area (Å²) in [5.74, 6) is 1.62. The molecule has 2 saturated heterocycles. The summed E-state index contributed by atoms with van der Waals surface area (Å²) in [6, 6.07) is 5.87. The van der Waals surface area contributed by atoms with Gasteiger partial charge in [-0.2, -0.15) is 17.0 Å².